The molecular weight excluding hydrogens is 404 g/mol. The summed E-state index contributed by atoms with van der Waals surface area (Å²) in [6.07, 6.45) is 3.96. The molecule has 1 saturated heterocycles. The van der Waals surface area contributed by atoms with Gasteiger partial charge in [-0.3, -0.25) is 9.89 Å². The van der Waals surface area contributed by atoms with Crippen LogP contribution in [-0.2, 0) is 0 Å². The summed E-state index contributed by atoms with van der Waals surface area (Å²) in [7, 11) is 0. The fourth-order valence-electron chi connectivity index (χ4n) is 3.83. The van der Waals surface area contributed by atoms with Crippen molar-refractivity contribution in [3.05, 3.63) is 54.1 Å². The molecule has 8 nitrogen and oxygen atoms in total. The highest BCUT2D eigenvalue weighted by atomic mass is 19.3. The summed E-state index contributed by atoms with van der Waals surface area (Å²) in [6, 6.07) is 7.52. The lowest BCUT2D eigenvalue weighted by Gasteiger charge is -2.31. The molecule has 31 heavy (non-hydrogen) atoms. The van der Waals surface area contributed by atoms with Crippen molar-refractivity contribution in [2.45, 2.75) is 25.7 Å². The molecule has 0 spiro atoms. The lowest BCUT2D eigenvalue weighted by Crippen LogP contribution is -2.42. The number of carbonyl (C=O) groups is 1. The standard InChI is InChI=1S/C21H19F2N7O/c1-13-8-16(2-3-17(13)18-25-12-26-28-18)30-19-14(11-27-30)9-15(10-24-19)20(31)29-6-4-21(22,23)5-7-29/h2-3,8-12H,4-7H2,1H3,(H,25,26,28). The monoisotopic (exact) mass is 423 g/mol. The van der Waals surface area contributed by atoms with Crippen LogP contribution in [0.5, 0.6) is 0 Å². The molecule has 4 heterocycles. The first-order valence-corrected chi connectivity index (χ1v) is 9.89. The molecule has 5 rings (SSSR count). The van der Waals surface area contributed by atoms with Gasteiger partial charge in [0, 0.05) is 43.1 Å². The molecule has 0 aliphatic carbocycles. The van der Waals surface area contributed by atoms with E-state index in [0.29, 0.717) is 22.4 Å². The third-order valence-corrected chi connectivity index (χ3v) is 5.56. The molecule has 158 valence electrons. The lowest BCUT2D eigenvalue weighted by atomic mass is 10.1. The van der Waals surface area contributed by atoms with Crippen LogP contribution in [-0.4, -0.2) is 59.8 Å². The third kappa shape index (κ3) is 3.54. The quantitative estimate of drug-likeness (QED) is 0.545. The minimum Gasteiger partial charge on any atom is -0.338 e. The molecule has 0 radical (unpaired) electrons. The molecule has 10 heteroatoms. The van der Waals surface area contributed by atoms with Gasteiger partial charge in [0.05, 0.1) is 17.4 Å². The number of rotatable bonds is 3. The molecule has 0 unspecified atom stereocenters. The van der Waals surface area contributed by atoms with Crippen LogP contribution >= 0.6 is 0 Å². The molecule has 4 aromatic rings. The van der Waals surface area contributed by atoms with Gasteiger partial charge in [0.1, 0.15) is 6.33 Å². The van der Waals surface area contributed by atoms with Gasteiger partial charge in [0.25, 0.3) is 11.8 Å². The van der Waals surface area contributed by atoms with Crippen molar-refractivity contribution in [3.63, 3.8) is 0 Å². The van der Waals surface area contributed by atoms with Gasteiger partial charge in [0.2, 0.25) is 0 Å². The Morgan fingerprint density at radius 2 is 1.94 bits per heavy atom. The summed E-state index contributed by atoms with van der Waals surface area (Å²) >= 11 is 0. The minimum absolute atomic E-state index is 0.0416. The number of nitrogens with one attached hydrogen (secondary N) is 1. The summed E-state index contributed by atoms with van der Waals surface area (Å²) in [5.74, 6) is -2.29. The molecule has 3 aromatic heterocycles. The van der Waals surface area contributed by atoms with Gasteiger partial charge in [0.15, 0.2) is 11.5 Å². The van der Waals surface area contributed by atoms with Gasteiger partial charge in [-0.05, 0) is 36.8 Å². The van der Waals surface area contributed by atoms with E-state index in [1.807, 2.05) is 25.1 Å². The van der Waals surface area contributed by atoms with E-state index in [2.05, 4.69) is 25.3 Å². The van der Waals surface area contributed by atoms with E-state index in [4.69, 9.17) is 0 Å². The first-order valence-electron chi connectivity index (χ1n) is 9.89. The number of halogens is 2. The Morgan fingerprint density at radius 3 is 2.65 bits per heavy atom. The Labute approximate surface area is 175 Å². The highest BCUT2D eigenvalue weighted by Crippen LogP contribution is 2.29. The number of fused-ring (bicyclic) bond motifs is 1. The lowest BCUT2D eigenvalue weighted by molar-refractivity contribution is -0.0494. The Bertz CT molecular complexity index is 1260. The topological polar surface area (TPSA) is 92.6 Å². The Balaban J connectivity index is 1.42. The van der Waals surface area contributed by atoms with Crippen LogP contribution in [0.4, 0.5) is 8.78 Å². The van der Waals surface area contributed by atoms with Crippen LogP contribution in [0.2, 0.25) is 0 Å². The molecule has 1 amide bonds. The average Bonchev–Trinajstić information content (AvgIpc) is 3.43. The van der Waals surface area contributed by atoms with Gasteiger partial charge in [-0.15, -0.1) is 0 Å². The van der Waals surface area contributed by atoms with Crippen LogP contribution in [0.15, 0.2) is 43.0 Å². The molecule has 0 saturated carbocycles. The van der Waals surface area contributed by atoms with Crippen molar-refractivity contribution in [2.24, 2.45) is 0 Å². The summed E-state index contributed by atoms with van der Waals surface area (Å²) in [5, 5.41) is 11.9. The van der Waals surface area contributed by atoms with E-state index in [-0.39, 0.29) is 31.8 Å². The first-order chi connectivity index (χ1) is 14.9. The number of hydrogen-bond donors (Lipinski definition) is 1. The zero-order valence-electron chi connectivity index (χ0n) is 16.7. The highest BCUT2D eigenvalue weighted by Gasteiger charge is 2.35. The summed E-state index contributed by atoms with van der Waals surface area (Å²) in [6.45, 7) is 2.05. The van der Waals surface area contributed by atoms with Crippen LogP contribution in [0, 0.1) is 6.92 Å². The maximum Gasteiger partial charge on any atom is 0.255 e. The number of aromatic nitrogens is 6. The predicted molar refractivity (Wildman–Crippen MR) is 109 cm³/mol. The number of carbonyl (C=O) groups excluding carboxylic acids is 1. The number of aromatic amines is 1. The van der Waals surface area contributed by atoms with E-state index in [1.54, 1.807) is 16.9 Å². The number of H-pyrrole nitrogens is 1. The normalized spacial score (nSPS) is 16.0. The third-order valence-electron chi connectivity index (χ3n) is 5.56. The molecule has 0 bridgehead atoms. The second-order valence-electron chi connectivity index (χ2n) is 7.67. The largest absolute Gasteiger partial charge is 0.338 e. The van der Waals surface area contributed by atoms with E-state index in [1.165, 1.54) is 17.4 Å². The fraction of sp³-hybridized carbons (Fsp3) is 0.286. The first kappa shape index (κ1) is 19.3. The second kappa shape index (κ2) is 7.22. The number of amides is 1. The minimum atomic E-state index is -2.69. The van der Waals surface area contributed by atoms with E-state index in [9.17, 15) is 13.6 Å². The Kier molecular flexibility index (Phi) is 4.49. The van der Waals surface area contributed by atoms with E-state index < -0.39 is 5.92 Å². The number of nitrogens with zero attached hydrogens (tertiary/aromatic N) is 6. The van der Waals surface area contributed by atoms with Crippen molar-refractivity contribution in [3.8, 4) is 17.1 Å². The molecule has 1 aliphatic rings. The molecule has 1 aliphatic heterocycles. The van der Waals surface area contributed by atoms with E-state index >= 15 is 0 Å². The SMILES string of the molecule is Cc1cc(-n2ncc3cc(C(=O)N4CCC(F)(F)CC4)cnc32)ccc1-c1ncn[nH]1. The smallest absolute Gasteiger partial charge is 0.255 e. The number of pyridine rings is 1. The summed E-state index contributed by atoms with van der Waals surface area (Å²) in [5.41, 5.74) is 3.72. The number of benzene rings is 1. The molecular formula is C21H19F2N7O. The number of likely N-dealkylation sites (tertiary alicyclic amines) is 1. The second-order valence-corrected chi connectivity index (χ2v) is 7.67. The summed E-state index contributed by atoms with van der Waals surface area (Å²) < 4.78 is 28.5. The van der Waals surface area contributed by atoms with Gasteiger partial charge < -0.3 is 4.90 Å². The zero-order valence-corrected chi connectivity index (χ0v) is 16.7. The van der Waals surface area contributed by atoms with Gasteiger partial charge in [-0.1, -0.05) is 0 Å². The molecule has 0 atom stereocenters. The van der Waals surface area contributed by atoms with Crippen LogP contribution in [0.1, 0.15) is 28.8 Å². The van der Waals surface area contributed by atoms with Gasteiger partial charge >= 0.3 is 0 Å². The number of aryl methyl sites for hydroxylation is 1. The fourth-order valence-corrected chi connectivity index (χ4v) is 3.83. The number of piperidine rings is 1. The highest BCUT2D eigenvalue weighted by molar-refractivity contribution is 5.97. The molecule has 1 N–H and O–H groups in total. The van der Waals surface area contributed by atoms with Gasteiger partial charge in [-0.25, -0.2) is 23.4 Å². The zero-order chi connectivity index (χ0) is 21.6. The number of alkyl halides is 2. The van der Waals surface area contributed by atoms with Crippen molar-refractivity contribution >= 4 is 16.9 Å². The summed E-state index contributed by atoms with van der Waals surface area (Å²) in [4.78, 5) is 22.8. The molecule has 1 fully saturated rings. The van der Waals surface area contributed by atoms with Gasteiger partial charge in [-0.2, -0.15) is 10.2 Å². The van der Waals surface area contributed by atoms with Crippen molar-refractivity contribution in [1.82, 2.24) is 34.8 Å². The van der Waals surface area contributed by atoms with Crippen LogP contribution in [0.3, 0.4) is 0 Å². The maximum atomic E-state index is 13.4. The van der Waals surface area contributed by atoms with Crippen molar-refractivity contribution < 1.29 is 13.6 Å². The van der Waals surface area contributed by atoms with Crippen LogP contribution in [0.25, 0.3) is 28.1 Å². The Morgan fingerprint density at radius 1 is 1.13 bits per heavy atom. The predicted octanol–water partition coefficient (Wildman–Crippen LogP) is 3.39. The number of hydrogen-bond acceptors (Lipinski definition) is 5. The Hall–Kier alpha value is -3.69. The van der Waals surface area contributed by atoms with E-state index in [0.717, 1.165) is 16.8 Å². The van der Waals surface area contributed by atoms with Crippen LogP contribution < -0.4 is 0 Å². The molecule has 1 aromatic carbocycles. The average molecular weight is 423 g/mol. The maximum absolute atomic E-state index is 13.4. The van der Waals surface area contributed by atoms with Crippen molar-refractivity contribution in [2.75, 3.05) is 13.1 Å². The van der Waals surface area contributed by atoms with Crippen molar-refractivity contribution in [1.29, 1.82) is 0 Å².